The van der Waals surface area contributed by atoms with Crippen LogP contribution in [-0.4, -0.2) is 29.3 Å². The fourth-order valence-corrected chi connectivity index (χ4v) is 2.56. The van der Waals surface area contributed by atoms with E-state index in [2.05, 4.69) is 39.5 Å². The fraction of sp³-hybridized carbons (Fsp3) is 0.917. The Morgan fingerprint density at radius 2 is 1.79 bits per heavy atom. The zero-order valence-electron chi connectivity index (χ0n) is 10.2. The first-order valence-electron chi connectivity index (χ1n) is 5.47. The molecule has 1 rings (SSSR count). The maximum Gasteiger partial charge on any atom is 0.148 e. The van der Waals surface area contributed by atoms with Crippen LogP contribution in [0.25, 0.3) is 0 Å². The summed E-state index contributed by atoms with van der Waals surface area (Å²) in [6, 6.07) is 0. The van der Waals surface area contributed by atoms with Crippen LogP contribution in [0.2, 0.25) is 0 Å². The summed E-state index contributed by atoms with van der Waals surface area (Å²) in [5, 5.41) is 0. The molecule has 1 heterocycles. The molecule has 0 aromatic carbocycles. The van der Waals surface area contributed by atoms with E-state index in [9.17, 15) is 4.79 Å². The van der Waals surface area contributed by atoms with Gasteiger partial charge in [-0.25, -0.2) is 0 Å². The smallest absolute Gasteiger partial charge is 0.148 e. The normalized spacial score (nSPS) is 20.5. The molecule has 14 heavy (non-hydrogen) atoms. The van der Waals surface area contributed by atoms with Crippen molar-refractivity contribution < 1.29 is 4.79 Å². The second-order valence-electron chi connectivity index (χ2n) is 6.26. The van der Waals surface area contributed by atoms with E-state index >= 15 is 0 Å². The van der Waals surface area contributed by atoms with Crippen molar-refractivity contribution in [1.82, 2.24) is 4.90 Å². The molecule has 2 nitrogen and oxygen atoms in total. The van der Waals surface area contributed by atoms with Gasteiger partial charge in [0.25, 0.3) is 0 Å². The van der Waals surface area contributed by atoms with E-state index in [0.717, 1.165) is 19.4 Å². The number of carbonyl (C=O) groups excluding carboxylic acids is 1. The molecule has 0 radical (unpaired) electrons. The van der Waals surface area contributed by atoms with Crippen LogP contribution in [0.15, 0.2) is 0 Å². The van der Waals surface area contributed by atoms with Gasteiger partial charge in [-0.1, -0.05) is 20.8 Å². The van der Waals surface area contributed by atoms with Crippen molar-refractivity contribution in [3.63, 3.8) is 0 Å². The standard InChI is InChI=1S/C12H23NO/c1-11(2,3)9-12(4,5)13-7-6-10(14)8-13/h6-9H2,1-5H3. The maximum absolute atomic E-state index is 11.2. The predicted molar refractivity (Wildman–Crippen MR) is 59.3 cm³/mol. The van der Waals surface area contributed by atoms with E-state index in [-0.39, 0.29) is 5.54 Å². The van der Waals surface area contributed by atoms with Gasteiger partial charge in [0.15, 0.2) is 0 Å². The lowest BCUT2D eigenvalue weighted by molar-refractivity contribution is -0.117. The first-order chi connectivity index (χ1) is 6.21. The van der Waals surface area contributed by atoms with Crippen molar-refractivity contribution >= 4 is 5.78 Å². The molecule has 1 aliphatic rings. The van der Waals surface area contributed by atoms with E-state index in [4.69, 9.17) is 0 Å². The Bertz CT molecular complexity index is 225. The number of ketones is 1. The second kappa shape index (κ2) is 3.65. The molecule has 2 heteroatoms. The molecule has 0 saturated carbocycles. The fourth-order valence-electron chi connectivity index (χ4n) is 2.56. The molecule has 1 fully saturated rings. The molecule has 0 spiro atoms. The summed E-state index contributed by atoms with van der Waals surface area (Å²) in [6.07, 6.45) is 1.88. The summed E-state index contributed by atoms with van der Waals surface area (Å²) in [7, 11) is 0. The number of nitrogens with zero attached hydrogens (tertiary/aromatic N) is 1. The van der Waals surface area contributed by atoms with Gasteiger partial charge >= 0.3 is 0 Å². The highest BCUT2D eigenvalue weighted by Crippen LogP contribution is 2.32. The van der Waals surface area contributed by atoms with Crippen molar-refractivity contribution in [1.29, 1.82) is 0 Å². The van der Waals surface area contributed by atoms with E-state index in [1.165, 1.54) is 0 Å². The number of hydrogen-bond donors (Lipinski definition) is 0. The van der Waals surface area contributed by atoms with Crippen LogP contribution in [-0.2, 0) is 4.79 Å². The SMILES string of the molecule is CC(C)(C)CC(C)(C)N1CCC(=O)C1. The molecule has 1 aliphatic heterocycles. The zero-order valence-corrected chi connectivity index (χ0v) is 10.2. The van der Waals surface area contributed by atoms with Crippen LogP contribution in [0.1, 0.15) is 47.5 Å². The van der Waals surface area contributed by atoms with Gasteiger partial charge in [0.1, 0.15) is 5.78 Å². The molecule has 0 aromatic heterocycles. The number of likely N-dealkylation sites (tertiary alicyclic amines) is 1. The third-order valence-electron chi connectivity index (χ3n) is 2.85. The Morgan fingerprint density at radius 1 is 1.21 bits per heavy atom. The maximum atomic E-state index is 11.2. The van der Waals surface area contributed by atoms with Crippen molar-refractivity contribution in [2.24, 2.45) is 5.41 Å². The highest BCUT2D eigenvalue weighted by atomic mass is 16.1. The molecule has 0 aliphatic carbocycles. The summed E-state index contributed by atoms with van der Waals surface area (Å²) < 4.78 is 0. The molecule has 82 valence electrons. The van der Waals surface area contributed by atoms with Crippen LogP contribution in [0.5, 0.6) is 0 Å². The van der Waals surface area contributed by atoms with Crippen molar-refractivity contribution in [2.75, 3.05) is 13.1 Å². The van der Waals surface area contributed by atoms with E-state index < -0.39 is 0 Å². The van der Waals surface area contributed by atoms with Gasteiger partial charge in [-0.2, -0.15) is 0 Å². The van der Waals surface area contributed by atoms with Crippen LogP contribution in [0.4, 0.5) is 0 Å². The molecule has 0 unspecified atom stereocenters. The summed E-state index contributed by atoms with van der Waals surface area (Å²) in [4.78, 5) is 13.5. The third-order valence-corrected chi connectivity index (χ3v) is 2.85. The Morgan fingerprint density at radius 3 is 2.14 bits per heavy atom. The molecule has 0 amide bonds. The van der Waals surface area contributed by atoms with Gasteiger partial charge in [0.2, 0.25) is 0 Å². The molecular formula is C12H23NO. The van der Waals surface area contributed by atoms with Gasteiger partial charge < -0.3 is 0 Å². The summed E-state index contributed by atoms with van der Waals surface area (Å²) in [5.74, 6) is 0.395. The molecular weight excluding hydrogens is 174 g/mol. The first-order valence-corrected chi connectivity index (χ1v) is 5.47. The average Bonchev–Trinajstić information content (AvgIpc) is 2.29. The Balaban J connectivity index is 2.61. The van der Waals surface area contributed by atoms with E-state index in [1.54, 1.807) is 0 Å². The average molecular weight is 197 g/mol. The minimum absolute atomic E-state index is 0.157. The number of Topliss-reactive ketones (excluding diaryl/α,β-unsaturated/α-hetero) is 1. The summed E-state index contributed by atoms with van der Waals surface area (Å²) in [5.41, 5.74) is 0.486. The number of rotatable bonds is 2. The molecule has 1 saturated heterocycles. The monoisotopic (exact) mass is 197 g/mol. The second-order valence-corrected chi connectivity index (χ2v) is 6.26. The van der Waals surface area contributed by atoms with Crippen LogP contribution >= 0.6 is 0 Å². The van der Waals surface area contributed by atoms with Crippen molar-refractivity contribution in [3.8, 4) is 0 Å². The van der Waals surface area contributed by atoms with Gasteiger partial charge in [-0.05, 0) is 25.7 Å². The Labute approximate surface area is 87.7 Å². The van der Waals surface area contributed by atoms with Gasteiger partial charge in [0.05, 0.1) is 6.54 Å². The van der Waals surface area contributed by atoms with Gasteiger partial charge in [0, 0.05) is 18.5 Å². The zero-order chi connectivity index (χ0) is 11.0. The minimum atomic E-state index is 0.157. The highest BCUT2D eigenvalue weighted by Gasteiger charge is 2.35. The van der Waals surface area contributed by atoms with Gasteiger partial charge in [-0.15, -0.1) is 0 Å². The largest absolute Gasteiger partial charge is 0.298 e. The Kier molecular flexibility index (Phi) is 3.05. The summed E-state index contributed by atoms with van der Waals surface area (Å²) >= 11 is 0. The molecule has 0 aromatic rings. The van der Waals surface area contributed by atoms with Crippen LogP contribution < -0.4 is 0 Å². The number of hydrogen-bond acceptors (Lipinski definition) is 2. The molecule has 0 bridgehead atoms. The van der Waals surface area contributed by atoms with Crippen LogP contribution in [0.3, 0.4) is 0 Å². The minimum Gasteiger partial charge on any atom is -0.298 e. The molecule has 0 N–H and O–H groups in total. The van der Waals surface area contributed by atoms with Gasteiger partial charge in [-0.3, -0.25) is 9.69 Å². The van der Waals surface area contributed by atoms with Crippen molar-refractivity contribution in [2.45, 2.75) is 53.0 Å². The lowest BCUT2D eigenvalue weighted by Gasteiger charge is -2.39. The Hall–Kier alpha value is -0.370. The highest BCUT2D eigenvalue weighted by molar-refractivity contribution is 5.82. The quantitative estimate of drug-likeness (QED) is 0.678. The topological polar surface area (TPSA) is 20.3 Å². The summed E-state index contributed by atoms with van der Waals surface area (Å²) in [6.45, 7) is 12.9. The first kappa shape index (κ1) is 11.7. The van der Waals surface area contributed by atoms with Crippen molar-refractivity contribution in [3.05, 3.63) is 0 Å². The van der Waals surface area contributed by atoms with Crippen LogP contribution in [0, 0.1) is 5.41 Å². The third kappa shape index (κ3) is 3.09. The lowest BCUT2D eigenvalue weighted by Crippen LogP contribution is -2.45. The number of carbonyl (C=O) groups is 1. The van der Waals surface area contributed by atoms with E-state index in [1.807, 2.05) is 0 Å². The lowest BCUT2D eigenvalue weighted by atomic mass is 9.81. The predicted octanol–water partition coefficient (Wildman–Crippen LogP) is 2.48. The van der Waals surface area contributed by atoms with E-state index in [0.29, 0.717) is 17.7 Å². The molecule has 0 atom stereocenters.